The van der Waals surface area contributed by atoms with Gasteiger partial charge in [0.25, 0.3) is 0 Å². The van der Waals surface area contributed by atoms with E-state index < -0.39 is 0 Å². The molecule has 1 N–H and O–H groups in total. The molecule has 2 aliphatic carbocycles. The Morgan fingerprint density at radius 3 is 2.48 bits per heavy atom. The molecule has 1 aromatic carbocycles. The molecule has 0 radical (unpaired) electrons. The Morgan fingerprint density at radius 2 is 1.88 bits per heavy atom. The Morgan fingerprint density at radius 1 is 1.15 bits per heavy atom. The number of hydrogen-bond donors (Lipinski definition) is 1. The van der Waals surface area contributed by atoms with Crippen molar-refractivity contribution in [2.75, 3.05) is 53.5 Å². The summed E-state index contributed by atoms with van der Waals surface area (Å²) >= 11 is 0. The number of rotatable bonds is 10. The summed E-state index contributed by atoms with van der Waals surface area (Å²) in [5, 5.41) is 15.0. The minimum absolute atomic E-state index is 0.244. The van der Waals surface area contributed by atoms with Crippen LogP contribution in [0.2, 0.25) is 0 Å². The maximum absolute atomic E-state index is 9.54. The fraction of sp³-hybridized carbons (Fsp3) is 0.741. The molecule has 0 spiro atoms. The number of benzene rings is 1. The van der Waals surface area contributed by atoms with Crippen molar-refractivity contribution in [3.05, 3.63) is 23.9 Å². The summed E-state index contributed by atoms with van der Waals surface area (Å²) in [5.41, 5.74) is 2.17. The van der Waals surface area contributed by atoms with Crippen molar-refractivity contribution in [1.29, 1.82) is 0 Å². The Bertz CT molecular complexity index is 865. The Balaban J connectivity index is 0.000000471. The molecular weight excluding hydrogens is 414 g/mol. The van der Waals surface area contributed by atoms with Gasteiger partial charge in [-0.2, -0.15) is 0 Å². The summed E-state index contributed by atoms with van der Waals surface area (Å²) in [4.78, 5) is 4.69. The van der Waals surface area contributed by atoms with E-state index in [4.69, 9.17) is 9.26 Å². The van der Waals surface area contributed by atoms with Gasteiger partial charge in [0, 0.05) is 30.0 Å². The van der Waals surface area contributed by atoms with Gasteiger partial charge >= 0.3 is 0 Å². The number of aryl methyl sites for hydroxylation is 1. The number of likely N-dealkylation sites (tertiary alicyclic amines) is 1. The first-order valence-electron chi connectivity index (χ1n) is 13.0. The molecular formula is C27H43N3O3. The summed E-state index contributed by atoms with van der Waals surface area (Å²) in [6, 6.07) is 6.15. The van der Waals surface area contributed by atoms with E-state index in [0.29, 0.717) is 6.61 Å². The maximum atomic E-state index is 9.54. The van der Waals surface area contributed by atoms with Crippen LogP contribution in [0.3, 0.4) is 0 Å². The van der Waals surface area contributed by atoms with E-state index in [9.17, 15) is 5.11 Å². The third kappa shape index (κ3) is 7.17. The van der Waals surface area contributed by atoms with Crippen LogP contribution in [0.25, 0.3) is 11.0 Å². The number of nitrogens with zero attached hydrogens (tertiary/aromatic N) is 3. The maximum Gasteiger partial charge on any atom is 0.170 e. The first-order valence-corrected chi connectivity index (χ1v) is 13.0. The third-order valence-electron chi connectivity index (χ3n) is 7.68. The summed E-state index contributed by atoms with van der Waals surface area (Å²) < 4.78 is 11.4. The monoisotopic (exact) mass is 457 g/mol. The highest BCUT2D eigenvalue weighted by Crippen LogP contribution is 2.46. The molecule has 2 saturated carbocycles. The highest BCUT2D eigenvalue weighted by molar-refractivity contribution is 5.80. The Hall–Kier alpha value is -1.63. The highest BCUT2D eigenvalue weighted by atomic mass is 16.5. The van der Waals surface area contributed by atoms with Crippen molar-refractivity contribution < 1.29 is 14.4 Å². The molecule has 1 aliphatic heterocycles. The van der Waals surface area contributed by atoms with Crippen LogP contribution in [-0.2, 0) is 6.42 Å². The van der Waals surface area contributed by atoms with Gasteiger partial charge in [-0.05, 0) is 109 Å². The number of aromatic nitrogens is 1. The molecule has 0 unspecified atom stereocenters. The zero-order valence-electron chi connectivity index (χ0n) is 20.9. The SMILES string of the molecule is CCN(C)C.OCC1(CN2CCC(CCc3noc4cc(OCC5CC5)ccc34)CC2)CC1. The second-order valence-corrected chi connectivity index (χ2v) is 10.9. The van der Waals surface area contributed by atoms with Crippen LogP contribution in [0.5, 0.6) is 5.75 Å². The highest BCUT2D eigenvalue weighted by Gasteiger charge is 2.43. The van der Waals surface area contributed by atoms with Crippen LogP contribution >= 0.6 is 0 Å². The van der Waals surface area contributed by atoms with Gasteiger partial charge in [0.1, 0.15) is 5.75 Å². The van der Waals surface area contributed by atoms with Crippen molar-refractivity contribution >= 4 is 11.0 Å². The topological polar surface area (TPSA) is 62.0 Å². The lowest BCUT2D eigenvalue weighted by atomic mass is 9.90. The average Bonchev–Trinajstić information content (AvgIpc) is 3.76. The van der Waals surface area contributed by atoms with E-state index in [-0.39, 0.29) is 5.41 Å². The van der Waals surface area contributed by atoms with Crippen molar-refractivity contribution in [2.24, 2.45) is 17.3 Å². The summed E-state index contributed by atoms with van der Waals surface area (Å²) in [5.74, 6) is 2.42. The molecule has 0 bridgehead atoms. The van der Waals surface area contributed by atoms with E-state index in [0.717, 1.165) is 60.4 Å². The van der Waals surface area contributed by atoms with E-state index in [2.05, 4.69) is 48.1 Å². The Kier molecular flexibility index (Phi) is 8.31. The molecule has 6 nitrogen and oxygen atoms in total. The van der Waals surface area contributed by atoms with Crippen LogP contribution in [0.4, 0.5) is 0 Å². The van der Waals surface area contributed by atoms with E-state index in [1.165, 1.54) is 58.0 Å². The number of fused-ring (bicyclic) bond motifs is 1. The summed E-state index contributed by atoms with van der Waals surface area (Å²) in [6.45, 7) is 7.89. The second-order valence-electron chi connectivity index (χ2n) is 10.9. The van der Waals surface area contributed by atoms with Crippen molar-refractivity contribution in [3.63, 3.8) is 0 Å². The minimum atomic E-state index is 0.244. The summed E-state index contributed by atoms with van der Waals surface area (Å²) in [6.07, 6.45) is 9.70. The molecule has 6 heteroatoms. The molecule has 2 aromatic rings. The first-order chi connectivity index (χ1) is 16.0. The molecule has 0 atom stereocenters. The van der Waals surface area contributed by atoms with Gasteiger partial charge in [0.2, 0.25) is 0 Å². The number of hydrogen-bond acceptors (Lipinski definition) is 6. The van der Waals surface area contributed by atoms with Gasteiger partial charge < -0.3 is 24.2 Å². The van der Waals surface area contributed by atoms with Gasteiger partial charge in [-0.3, -0.25) is 0 Å². The molecule has 3 aliphatic rings. The minimum Gasteiger partial charge on any atom is -0.493 e. The van der Waals surface area contributed by atoms with Crippen LogP contribution in [0.1, 0.15) is 57.6 Å². The average molecular weight is 458 g/mol. The van der Waals surface area contributed by atoms with Crippen LogP contribution in [0.15, 0.2) is 22.7 Å². The standard InChI is InChI=1S/C23H32N2O3.C4H11N/c26-16-23(9-10-23)15-25-11-7-17(8-12-25)3-6-21-20-5-4-19(13-22(20)28-24-21)27-14-18-1-2-18;1-4-5(2)3/h4-5,13,17-18,26H,1-3,6-12,14-16H2;4H2,1-3H3. The molecule has 0 amide bonds. The largest absolute Gasteiger partial charge is 0.493 e. The fourth-order valence-electron chi connectivity index (χ4n) is 4.53. The number of aliphatic hydroxyl groups excluding tert-OH is 1. The lowest BCUT2D eigenvalue weighted by molar-refractivity contribution is 0.115. The molecule has 1 saturated heterocycles. The normalized spacial score (nSPS) is 20.6. The van der Waals surface area contributed by atoms with Crippen molar-refractivity contribution in [1.82, 2.24) is 15.0 Å². The quantitative estimate of drug-likeness (QED) is 0.563. The van der Waals surface area contributed by atoms with Gasteiger partial charge in [-0.25, -0.2) is 0 Å². The number of piperidine rings is 1. The molecule has 3 fully saturated rings. The molecule has 5 rings (SSSR count). The van der Waals surface area contributed by atoms with Gasteiger partial charge in [-0.1, -0.05) is 12.1 Å². The van der Waals surface area contributed by atoms with E-state index in [1.54, 1.807) is 0 Å². The first kappa shape index (κ1) is 24.5. The van der Waals surface area contributed by atoms with E-state index >= 15 is 0 Å². The molecule has 1 aromatic heterocycles. The van der Waals surface area contributed by atoms with Gasteiger partial charge in [0.05, 0.1) is 12.3 Å². The lowest BCUT2D eigenvalue weighted by Gasteiger charge is -2.34. The van der Waals surface area contributed by atoms with Gasteiger partial charge in [-0.15, -0.1) is 0 Å². The third-order valence-corrected chi connectivity index (χ3v) is 7.68. The lowest BCUT2D eigenvalue weighted by Crippen LogP contribution is -2.38. The van der Waals surface area contributed by atoms with Gasteiger partial charge in [0.15, 0.2) is 5.58 Å². The van der Waals surface area contributed by atoms with Crippen LogP contribution in [-0.4, -0.2) is 73.6 Å². The van der Waals surface area contributed by atoms with Crippen LogP contribution in [0, 0.1) is 17.3 Å². The summed E-state index contributed by atoms with van der Waals surface area (Å²) in [7, 11) is 4.11. The number of ether oxygens (including phenoxy) is 1. The predicted molar refractivity (Wildman–Crippen MR) is 133 cm³/mol. The van der Waals surface area contributed by atoms with Crippen molar-refractivity contribution in [3.8, 4) is 5.75 Å². The number of aliphatic hydroxyl groups is 1. The van der Waals surface area contributed by atoms with Crippen LogP contribution < -0.4 is 4.74 Å². The molecule has 33 heavy (non-hydrogen) atoms. The smallest absolute Gasteiger partial charge is 0.170 e. The van der Waals surface area contributed by atoms with Crippen molar-refractivity contribution in [2.45, 2.75) is 58.3 Å². The van der Waals surface area contributed by atoms with E-state index in [1.807, 2.05) is 6.07 Å². The second kappa shape index (κ2) is 11.2. The zero-order chi connectivity index (χ0) is 23.3. The molecule has 184 valence electrons. The zero-order valence-corrected chi connectivity index (χ0v) is 20.9. The predicted octanol–water partition coefficient (Wildman–Crippen LogP) is 4.60. The molecule has 2 heterocycles. The Labute approximate surface area is 199 Å². The fourth-order valence-corrected chi connectivity index (χ4v) is 4.53.